The molecule has 2 rings (SSSR count). The standard InChI is InChI=1S/C15H26N2/c1-14(2,3)12-11-9-7-8-10-15(4,5)13(11)17(6)16-12/h7-10H2,1-6H3. The van der Waals surface area contributed by atoms with Crippen LogP contribution in [0.25, 0.3) is 0 Å². The molecule has 17 heavy (non-hydrogen) atoms. The van der Waals surface area contributed by atoms with Crippen LogP contribution in [0.3, 0.4) is 0 Å². The van der Waals surface area contributed by atoms with E-state index in [9.17, 15) is 0 Å². The van der Waals surface area contributed by atoms with Crippen molar-refractivity contribution < 1.29 is 0 Å². The molecule has 0 bridgehead atoms. The summed E-state index contributed by atoms with van der Waals surface area (Å²) in [6.45, 7) is 11.5. The summed E-state index contributed by atoms with van der Waals surface area (Å²) in [5, 5.41) is 4.82. The van der Waals surface area contributed by atoms with E-state index in [2.05, 4.69) is 46.3 Å². The van der Waals surface area contributed by atoms with Crippen LogP contribution in [0, 0.1) is 0 Å². The summed E-state index contributed by atoms with van der Waals surface area (Å²) in [5.41, 5.74) is 4.75. The third-order valence-corrected chi connectivity index (χ3v) is 3.98. The minimum atomic E-state index is 0.158. The zero-order valence-electron chi connectivity index (χ0n) is 12.2. The second-order valence-electron chi connectivity index (χ2n) is 7.14. The van der Waals surface area contributed by atoms with Gasteiger partial charge >= 0.3 is 0 Å². The molecule has 0 fully saturated rings. The summed E-state index contributed by atoms with van der Waals surface area (Å²) in [4.78, 5) is 0. The van der Waals surface area contributed by atoms with Crippen molar-refractivity contribution in [3.05, 3.63) is 17.0 Å². The lowest BCUT2D eigenvalue weighted by Gasteiger charge is -2.24. The van der Waals surface area contributed by atoms with Crippen molar-refractivity contribution in [3.8, 4) is 0 Å². The quantitative estimate of drug-likeness (QED) is 0.626. The minimum absolute atomic E-state index is 0.158. The second kappa shape index (κ2) is 3.86. The average Bonchev–Trinajstić information content (AvgIpc) is 2.41. The first-order chi connectivity index (χ1) is 7.73. The van der Waals surface area contributed by atoms with E-state index in [-0.39, 0.29) is 10.8 Å². The van der Waals surface area contributed by atoms with Gasteiger partial charge in [0.1, 0.15) is 0 Å². The van der Waals surface area contributed by atoms with E-state index in [4.69, 9.17) is 5.10 Å². The zero-order valence-corrected chi connectivity index (χ0v) is 12.2. The average molecular weight is 234 g/mol. The number of fused-ring (bicyclic) bond motifs is 1. The smallest absolute Gasteiger partial charge is 0.0712 e. The fraction of sp³-hybridized carbons (Fsp3) is 0.800. The van der Waals surface area contributed by atoms with Gasteiger partial charge in [0.05, 0.1) is 5.69 Å². The van der Waals surface area contributed by atoms with Crippen LogP contribution in [0.15, 0.2) is 0 Å². The molecule has 0 saturated heterocycles. The summed E-state index contributed by atoms with van der Waals surface area (Å²) in [6, 6.07) is 0. The van der Waals surface area contributed by atoms with Crippen molar-refractivity contribution >= 4 is 0 Å². The van der Waals surface area contributed by atoms with Crippen LogP contribution in [0.5, 0.6) is 0 Å². The van der Waals surface area contributed by atoms with Gasteiger partial charge in [-0.1, -0.05) is 41.0 Å². The largest absolute Gasteiger partial charge is 0.272 e. The topological polar surface area (TPSA) is 17.8 Å². The van der Waals surface area contributed by atoms with Gasteiger partial charge < -0.3 is 0 Å². The molecule has 0 radical (unpaired) electrons. The van der Waals surface area contributed by atoms with Gasteiger partial charge in [-0.2, -0.15) is 5.10 Å². The number of hydrogen-bond acceptors (Lipinski definition) is 1. The first-order valence-electron chi connectivity index (χ1n) is 6.80. The normalized spacial score (nSPS) is 19.9. The van der Waals surface area contributed by atoms with Crippen molar-refractivity contribution in [1.29, 1.82) is 0 Å². The van der Waals surface area contributed by atoms with Gasteiger partial charge in [-0.15, -0.1) is 0 Å². The highest BCUT2D eigenvalue weighted by Crippen LogP contribution is 2.39. The fourth-order valence-corrected chi connectivity index (χ4v) is 3.24. The van der Waals surface area contributed by atoms with Gasteiger partial charge in [-0.3, -0.25) is 4.68 Å². The Morgan fingerprint density at radius 1 is 1.18 bits per heavy atom. The molecule has 1 aliphatic rings. The number of nitrogens with zero attached hydrogens (tertiary/aromatic N) is 2. The molecule has 1 heterocycles. The summed E-state index contributed by atoms with van der Waals surface area (Å²) < 4.78 is 2.14. The van der Waals surface area contributed by atoms with Crippen molar-refractivity contribution in [1.82, 2.24) is 9.78 Å². The Labute approximate surface area is 105 Å². The Bertz CT molecular complexity index is 419. The molecule has 2 heteroatoms. The van der Waals surface area contributed by atoms with Crippen LogP contribution in [0.4, 0.5) is 0 Å². The Morgan fingerprint density at radius 2 is 1.82 bits per heavy atom. The van der Waals surface area contributed by atoms with Crippen LogP contribution in [0.2, 0.25) is 0 Å². The van der Waals surface area contributed by atoms with Crippen molar-refractivity contribution in [2.75, 3.05) is 0 Å². The molecule has 0 saturated carbocycles. The predicted octanol–water partition coefficient (Wildman–Crippen LogP) is 3.72. The lowest BCUT2D eigenvalue weighted by molar-refractivity contribution is 0.432. The highest BCUT2D eigenvalue weighted by molar-refractivity contribution is 5.36. The lowest BCUT2D eigenvalue weighted by Crippen LogP contribution is -2.21. The molecule has 1 aliphatic carbocycles. The van der Waals surface area contributed by atoms with E-state index in [1.54, 1.807) is 0 Å². The predicted molar refractivity (Wildman–Crippen MR) is 72.5 cm³/mol. The van der Waals surface area contributed by atoms with Crippen LogP contribution >= 0.6 is 0 Å². The third kappa shape index (κ3) is 2.14. The Morgan fingerprint density at radius 3 is 2.41 bits per heavy atom. The van der Waals surface area contributed by atoms with Crippen LogP contribution in [0.1, 0.15) is 70.8 Å². The highest BCUT2D eigenvalue weighted by Gasteiger charge is 2.34. The molecule has 0 atom stereocenters. The third-order valence-electron chi connectivity index (χ3n) is 3.98. The lowest BCUT2D eigenvalue weighted by atomic mass is 9.81. The first-order valence-corrected chi connectivity index (χ1v) is 6.80. The number of rotatable bonds is 0. The molecule has 0 aromatic carbocycles. The maximum Gasteiger partial charge on any atom is 0.0712 e. The molecule has 0 amide bonds. The van der Waals surface area contributed by atoms with Gasteiger partial charge in [-0.25, -0.2) is 0 Å². The van der Waals surface area contributed by atoms with E-state index in [0.717, 1.165) is 0 Å². The van der Waals surface area contributed by atoms with Gasteiger partial charge in [-0.05, 0) is 24.8 Å². The monoisotopic (exact) mass is 234 g/mol. The molecule has 96 valence electrons. The fourth-order valence-electron chi connectivity index (χ4n) is 3.24. The van der Waals surface area contributed by atoms with Crippen LogP contribution < -0.4 is 0 Å². The van der Waals surface area contributed by atoms with Crippen LogP contribution in [-0.2, 0) is 24.3 Å². The summed E-state index contributed by atoms with van der Waals surface area (Å²) in [6.07, 6.45) is 5.14. The van der Waals surface area contributed by atoms with E-state index in [0.29, 0.717) is 0 Å². The molecule has 0 unspecified atom stereocenters. The SMILES string of the molecule is Cn1nc(C(C)(C)C)c2c1C(C)(C)CCCC2. The molecule has 0 N–H and O–H groups in total. The number of aromatic nitrogens is 2. The van der Waals surface area contributed by atoms with Crippen molar-refractivity contribution in [2.24, 2.45) is 7.05 Å². The van der Waals surface area contributed by atoms with E-state index in [1.165, 1.54) is 42.6 Å². The number of aryl methyl sites for hydroxylation is 1. The molecule has 2 nitrogen and oxygen atoms in total. The summed E-state index contributed by atoms with van der Waals surface area (Å²) in [7, 11) is 2.11. The molecular weight excluding hydrogens is 208 g/mol. The Hall–Kier alpha value is -0.790. The summed E-state index contributed by atoms with van der Waals surface area (Å²) >= 11 is 0. The first kappa shape index (κ1) is 12.7. The molecule has 1 aromatic heterocycles. The minimum Gasteiger partial charge on any atom is -0.272 e. The number of hydrogen-bond donors (Lipinski definition) is 0. The van der Waals surface area contributed by atoms with Gasteiger partial charge in [0.2, 0.25) is 0 Å². The van der Waals surface area contributed by atoms with E-state index >= 15 is 0 Å². The van der Waals surface area contributed by atoms with Gasteiger partial charge in [0, 0.05) is 23.6 Å². The van der Waals surface area contributed by atoms with Crippen LogP contribution in [-0.4, -0.2) is 9.78 Å². The highest BCUT2D eigenvalue weighted by atomic mass is 15.3. The van der Waals surface area contributed by atoms with Crippen molar-refractivity contribution in [3.63, 3.8) is 0 Å². The maximum atomic E-state index is 4.82. The Kier molecular flexibility index (Phi) is 2.87. The van der Waals surface area contributed by atoms with Gasteiger partial charge in [0.15, 0.2) is 0 Å². The van der Waals surface area contributed by atoms with E-state index in [1.807, 2.05) is 0 Å². The van der Waals surface area contributed by atoms with E-state index < -0.39 is 0 Å². The maximum absolute atomic E-state index is 4.82. The second-order valence-corrected chi connectivity index (χ2v) is 7.14. The van der Waals surface area contributed by atoms with Crippen molar-refractivity contribution in [2.45, 2.75) is 71.1 Å². The molecule has 0 spiro atoms. The molecule has 1 aromatic rings. The molecule has 0 aliphatic heterocycles. The van der Waals surface area contributed by atoms with Gasteiger partial charge in [0.25, 0.3) is 0 Å². The molecular formula is C15H26N2. The summed E-state index contributed by atoms with van der Waals surface area (Å²) in [5.74, 6) is 0. The zero-order chi connectivity index (χ0) is 12.8. The Balaban J connectivity index is 2.63.